The molecule has 0 N–H and O–H groups in total. The Hall–Kier alpha value is -0.670. The highest BCUT2D eigenvalue weighted by Crippen LogP contribution is 2.23. The molecule has 0 bridgehead atoms. The molecule has 0 aliphatic carbocycles. The van der Waals surface area contributed by atoms with E-state index in [1.165, 1.54) is 11.1 Å². The van der Waals surface area contributed by atoms with Crippen molar-refractivity contribution in [2.75, 3.05) is 19.3 Å². The second-order valence-electron chi connectivity index (χ2n) is 4.94. The highest BCUT2D eigenvalue weighted by molar-refractivity contribution is 7.96. The van der Waals surface area contributed by atoms with E-state index in [1.807, 2.05) is 11.9 Å². The summed E-state index contributed by atoms with van der Waals surface area (Å²) in [7, 11) is 0. The summed E-state index contributed by atoms with van der Waals surface area (Å²) in [5, 5.41) is 0. The van der Waals surface area contributed by atoms with E-state index in [4.69, 9.17) is 4.74 Å². The van der Waals surface area contributed by atoms with Gasteiger partial charge in [0.25, 0.3) is 0 Å². The van der Waals surface area contributed by atoms with E-state index >= 15 is 0 Å². The Labute approximate surface area is 115 Å². The van der Waals surface area contributed by atoms with Crippen LogP contribution >= 0.6 is 11.9 Å². The fourth-order valence-electron chi connectivity index (χ4n) is 2.42. The molecule has 0 atom stereocenters. The van der Waals surface area contributed by atoms with Crippen LogP contribution in [0, 0.1) is 6.92 Å². The van der Waals surface area contributed by atoms with E-state index in [2.05, 4.69) is 42.6 Å². The molecular weight excluding hydrogens is 242 g/mol. The van der Waals surface area contributed by atoms with Crippen molar-refractivity contribution in [1.29, 1.82) is 0 Å². The number of piperidine rings is 1. The molecule has 1 aliphatic rings. The predicted molar refractivity (Wildman–Crippen MR) is 79.3 cm³/mol. The first-order valence-electron chi connectivity index (χ1n) is 6.77. The quantitative estimate of drug-likeness (QED) is 0.771. The minimum absolute atomic E-state index is 0.389. The normalized spacial score (nSPS) is 17.9. The first-order chi connectivity index (χ1) is 8.71. The Morgan fingerprint density at radius 1 is 1.28 bits per heavy atom. The van der Waals surface area contributed by atoms with Crippen LogP contribution in [0.4, 0.5) is 0 Å². The number of aryl methyl sites for hydroxylation is 2. The largest absolute Gasteiger partial charge is 0.490 e. The molecule has 1 aromatic rings. The predicted octanol–water partition coefficient (Wildman–Crippen LogP) is 3.68. The zero-order valence-corrected chi connectivity index (χ0v) is 12.4. The lowest BCUT2D eigenvalue weighted by Crippen LogP contribution is -2.34. The van der Waals surface area contributed by atoms with Crippen molar-refractivity contribution in [3.8, 4) is 5.75 Å². The van der Waals surface area contributed by atoms with Crippen LogP contribution in [0.2, 0.25) is 0 Å². The number of rotatable bonds is 4. The van der Waals surface area contributed by atoms with Crippen molar-refractivity contribution in [2.24, 2.45) is 0 Å². The minimum atomic E-state index is 0.389. The maximum atomic E-state index is 6.14. The Kier molecular flexibility index (Phi) is 4.95. The standard InChI is InChI=1S/C15H23NOS/c1-4-13-9-12(2)10-15(11-13)17-14-5-7-16(18-3)8-6-14/h9-11,14H,4-8H2,1-3H3. The molecule has 1 aliphatic heterocycles. The summed E-state index contributed by atoms with van der Waals surface area (Å²) in [6.07, 6.45) is 5.88. The van der Waals surface area contributed by atoms with Crippen LogP contribution in [0.1, 0.15) is 30.9 Å². The van der Waals surface area contributed by atoms with Crippen molar-refractivity contribution in [1.82, 2.24) is 4.31 Å². The maximum absolute atomic E-state index is 6.14. The Morgan fingerprint density at radius 3 is 2.61 bits per heavy atom. The lowest BCUT2D eigenvalue weighted by Gasteiger charge is -2.30. The van der Waals surface area contributed by atoms with Crippen LogP contribution in [-0.2, 0) is 6.42 Å². The van der Waals surface area contributed by atoms with Gasteiger partial charge in [-0.3, -0.25) is 4.31 Å². The smallest absolute Gasteiger partial charge is 0.120 e. The number of hydrogen-bond donors (Lipinski definition) is 0. The topological polar surface area (TPSA) is 12.5 Å². The molecule has 0 radical (unpaired) electrons. The summed E-state index contributed by atoms with van der Waals surface area (Å²) in [6.45, 7) is 6.61. The third kappa shape index (κ3) is 3.66. The summed E-state index contributed by atoms with van der Waals surface area (Å²) in [4.78, 5) is 0. The third-order valence-corrected chi connectivity index (χ3v) is 4.36. The van der Waals surface area contributed by atoms with Crippen LogP contribution in [-0.4, -0.2) is 29.8 Å². The molecule has 18 heavy (non-hydrogen) atoms. The number of benzene rings is 1. The van der Waals surface area contributed by atoms with Gasteiger partial charge < -0.3 is 4.74 Å². The number of ether oxygens (including phenoxy) is 1. The van der Waals surface area contributed by atoms with E-state index in [1.54, 1.807) is 0 Å². The summed E-state index contributed by atoms with van der Waals surface area (Å²) >= 11 is 1.84. The highest BCUT2D eigenvalue weighted by atomic mass is 32.2. The van der Waals surface area contributed by atoms with Crippen molar-refractivity contribution in [2.45, 2.75) is 39.2 Å². The molecule has 0 spiro atoms. The van der Waals surface area contributed by atoms with Gasteiger partial charge in [-0.25, -0.2) is 0 Å². The summed E-state index contributed by atoms with van der Waals surface area (Å²) in [5.41, 5.74) is 2.66. The van der Waals surface area contributed by atoms with Gasteiger partial charge in [0.15, 0.2) is 0 Å². The van der Waals surface area contributed by atoms with E-state index in [0.29, 0.717) is 6.10 Å². The fourth-order valence-corrected chi connectivity index (χ4v) is 3.00. The van der Waals surface area contributed by atoms with Crippen LogP contribution in [0.5, 0.6) is 5.75 Å². The van der Waals surface area contributed by atoms with Crippen LogP contribution < -0.4 is 4.74 Å². The van der Waals surface area contributed by atoms with Gasteiger partial charge in [0.05, 0.1) is 0 Å². The molecule has 1 saturated heterocycles. The lowest BCUT2D eigenvalue weighted by molar-refractivity contribution is 0.139. The van der Waals surface area contributed by atoms with Gasteiger partial charge in [0.1, 0.15) is 11.9 Å². The maximum Gasteiger partial charge on any atom is 0.120 e. The van der Waals surface area contributed by atoms with Crippen LogP contribution in [0.25, 0.3) is 0 Å². The lowest BCUT2D eigenvalue weighted by atomic mass is 10.1. The SMILES string of the molecule is CCc1cc(C)cc(OC2CCN(SC)CC2)c1. The minimum Gasteiger partial charge on any atom is -0.490 e. The highest BCUT2D eigenvalue weighted by Gasteiger charge is 2.20. The molecule has 0 saturated carbocycles. The van der Waals surface area contributed by atoms with Gasteiger partial charge in [-0.1, -0.05) is 24.9 Å². The van der Waals surface area contributed by atoms with Gasteiger partial charge in [-0.2, -0.15) is 0 Å². The Morgan fingerprint density at radius 2 is 2.00 bits per heavy atom. The van der Waals surface area contributed by atoms with Crippen molar-refractivity contribution >= 4 is 11.9 Å². The van der Waals surface area contributed by atoms with Crippen molar-refractivity contribution < 1.29 is 4.74 Å². The van der Waals surface area contributed by atoms with Gasteiger partial charge in [0.2, 0.25) is 0 Å². The van der Waals surface area contributed by atoms with Gasteiger partial charge in [-0.15, -0.1) is 0 Å². The zero-order valence-electron chi connectivity index (χ0n) is 11.6. The third-order valence-electron chi connectivity index (χ3n) is 3.48. The zero-order chi connectivity index (χ0) is 13.0. The molecule has 1 heterocycles. The summed E-state index contributed by atoms with van der Waals surface area (Å²) in [5.74, 6) is 1.05. The molecular formula is C15H23NOS. The van der Waals surface area contributed by atoms with Gasteiger partial charge >= 0.3 is 0 Å². The molecule has 0 unspecified atom stereocenters. The summed E-state index contributed by atoms with van der Waals surface area (Å²) in [6, 6.07) is 6.58. The Bertz CT molecular complexity index is 386. The number of nitrogens with zero attached hydrogens (tertiary/aromatic N) is 1. The molecule has 3 heteroatoms. The molecule has 0 aromatic heterocycles. The van der Waals surface area contributed by atoms with E-state index in [9.17, 15) is 0 Å². The fraction of sp³-hybridized carbons (Fsp3) is 0.600. The molecule has 2 rings (SSSR count). The van der Waals surface area contributed by atoms with Crippen molar-refractivity contribution in [3.05, 3.63) is 29.3 Å². The molecule has 2 nitrogen and oxygen atoms in total. The van der Waals surface area contributed by atoms with E-state index < -0.39 is 0 Å². The van der Waals surface area contributed by atoms with Crippen LogP contribution in [0.3, 0.4) is 0 Å². The van der Waals surface area contributed by atoms with Crippen molar-refractivity contribution in [3.63, 3.8) is 0 Å². The average molecular weight is 265 g/mol. The molecule has 0 amide bonds. The molecule has 100 valence electrons. The molecule has 1 fully saturated rings. The number of hydrogen-bond acceptors (Lipinski definition) is 3. The second kappa shape index (κ2) is 6.48. The first-order valence-corrected chi connectivity index (χ1v) is 7.95. The first kappa shape index (κ1) is 13.8. The Balaban J connectivity index is 1.95. The van der Waals surface area contributed by atoms with E-state index in [0.717, 1.165) is 38.1 Å². The summed E-state index contributed by atoms with van der Waals surface area (Å²) < 4.78 is 8.55. The second-order valence-corrected chi connectivity index (χ2v) is 5.82. The van der Waals surface area contributed by atoms with Crippen LogP contribution in [0.15, 0.2) is 18.2 Å². The van der Waals surface area contributed by atoms with Gasteiger partial charge in [-0.05, 0) is 55.7 Å². The van der Waals surface area contributed by atoms with Gasteiger partial charge in [0, 0.05) is 13.1 Å². The molecule has 1 aromatic carbocycles. The van der Waals surface area contributed by atoms with E-state index in [-0.39, 0.29) is 0 Å². The monoisotopic (exact) mass is 265 g/mol. The average Bonchev–Trinajstić information content (AvgIpc) is 2.39.